The summed E-state index contributed by atoms with van der Waals surface area (Å²) in [4.78, 5) is 24.3. The first-order valence-electron chi connectivity index (χ1n) is 10.4. The Morgan fingerprint density at radius 2 is 1.35 bits per heavy atom. The van der Waals surface area contributed by atoms with Crippen LogP contribution in [-0.2, 0) is 26.0 Å². The van der Waals surface area contributed by atoms with E-state index in [0.29, 0.717) is 5.56 Å². The van der Waals surface area contributed by atoms with Crippen molar-refractivity contribution in [2.75, 3.05) is 27.4 Å². The van der Waals surface area contributed by atoms with Crippen LogP contribution in [0.25, 0.3) is 0 Å². The number of benzene rings is 3. The van der Waals surface area contributed by atoms with Gasteiger partial charge in [0.1, 0.15) is 23.9 Å². The van der Waals surface area contributed by atoms with E-state index in [1.54, 1.807) is 30.3 Å². The lowest BCUT2D eigenvalue weighted by atomic mass is 10.2. The molecule has 0 atom stereocenters. The molecule has 0 fully saturated rings. The highest BCUT2D eigenvalue weighted by molar-refractivity contribution is 7.89. The van der Waals surface area contributed by atoms with E-state index in [-0.39, 0.29) is 36.0 Å². The first-order chi connectivity index (χ1) is 16.3. The van der Waals surface area contributed by atoms with Crippen LogP contribution in [-0.4, -0.2) is 52.0 Å². The van der Waals surface area contributed by atoms with E-state index in [0.717, 1.165) is 5.56 Å². The average Bonchev–Trinajstić information content (AvgIpc) is 2.87. The zero-order valence-corrected chi connectivity index (χ0v) is 19.7. The molecule has 0 bridgehead atoms. The van der Waals surface area contributed by atoms with Gasteiger partial charge < -0.3 is 14.2 Å². The average molecular weight is 484 g/mol. The van der Waals surface area contributed by atoms with Gasteiger partial charge in [-0.1, -0.05) is 48.5 Å². The molecule has 8 nitrogen and oxygen atoms in total. The summed E-state index contributed by atoms with van der Waals surface area (Å²) in [6.45, 7) is -0.173. The molecule has 0 aliphatic rings. The zero-order chi connectivity index (χ0) is 24.6. The smallest absolute Gasteiger partial charge is 0.338 e. The molecule has 0 spiro atoms. The number of methoxy groups -OCH3 is 1. The van der Waals surface area contributed by atoms with Crippen LogP contribution in [0.1, 0.15) is 26.3 Å². The molecule has 0 aromatic heterocycles. The highest BCUT2D eigenvalue weighted by atomic mass is 32.2. The van der Waals surface area contributed by atoms with Crippen molar-refractivity contribution in [3.05, 3.63) is 95.6 Å². The van der Waals surface area contributed by atoms with Gasteiger partial charge in [0.25, 0.3) is 0 Å². The van der Waals surface area contributed by atoms with Crippen molar-refractivity contribution in [1.82, 2.24) is 4.31 Å². The molecular weight excluding hydrogens is 458 g/mol. The fraction of sp³-hybridized carbons (Fsp3) is 0.200. The Morgan fingerprint density at radius 3 is 1.94 bits per heavy atom. The lowest BCUT2D eigenvalue weighted by Crippen LogP contribution is -2.27. The number of nitrogens with zero attached hydrogens (tertiary/aromatic N) is 1. The molecule has 3 aromatic rings. The number of hydrogen-bond donors (Lipinski definition) is 0. The van der Waals surface area contributed by atoms with E-state index in [9.17, 15) is 18.0 Å². The van der Waals surface area contributed by atoms with Gasteiger partial charge in [-0.3, -0.25) is 0 Å². The third-order valence-corrected chi connectivity index (χ3v) is 6.72. The zero-order valence-electron chi connectivity index (χ0n) is 18.8. The molecule has 34 heavy (non-hydrogen) atoms. The first-order valence-corrected chi connectivity index (χ1v) is 11.8. The second-order valence-electron chi connectivity index (χ2n) is 7.25. The maximum atomic E-state index is 13.2. The topological polar surface area (TPSA) is 99.2 Å². The number of esters is 2. The molecule has 0 aliphatic heterocycles. The molecule has 0 aliphatic carbocycles. The van der Waals surface area contributed by atoms with Crippen molar-refractivity contribution in [1.29, 1.82) is 0 Å². The van der Waals surface area contributed by atoms with Gasteiger partial charge >= 0.3 is 11.9 Å². The predicted molar refractivity (Wildman–Crippen MR) is 125 cm³/mol. The Bertz CT molecular complexity index is 1230. The largest absolute Gasteiger partial charge is 0.495 e. The van der Waals surface area contributed by atoms with Crippen molar-refractivity contribution in [3.8, 4) is 5.75 Å². The Kier molecular flexibility index (Phi) is 8.39. The molecule has 0 saturated carbocycles. The molecule has 0 amide bonds. The molecule has 0 heterocycles. The van der Waals surface area contributed by atoms with Crippen LogP contribution in [0.5, 0.6) is 5.75 Å². The second kappa shape index (κ2) is 11.4. The molecule has 0 saturated heterocycles. The molecular formula is C25H25NO7S. The normalized spacial score (nSPS) is 11.1. The van der Waals surface area contributed by atoms with Crippen molar-refractivity contribution in [2.24, 2.45) is 0 Å². The van der Waals surface area contributed by atoms with Gasteiger partial charge in [0, 0.05) is 13.6 Å². The van der Waals surface area contributed by atoms with Gasteiger partial charge in [0.2, 0.25) is 10.0 Å². The number of hydrogen-bond acceptors (Lipinski definition) is 7. The summed E-state index contributed by atoms with van der Waals surface area (Å²) in [5, 5.41) is 0. The maximum Gasteiger partial charge on any atom is 0.338 e. The van der Waals surface area contributed by atoms with Crippen LogP contribution < -0.4 is 4.74 Å². The summed E-state index contributed by atoms with van der Waals surface area (Å²) in [6, 6.07) is 21.6. The standard InChI is InChI=1S/C25H25NO7S/c1-26(18-19-9-5-3-6-10-19)34(29,30)23-17-21(13-14-22(23)31-2)25(28)33-16-15-32-24(27)20-11-7-4-8-12-20/h3-14,17H,15-16,18H2,1-2H3. The Balaban J connectivity index is 1.66. The van der Waals surface area contributed by atoms with Gasteiger partial charge in [0.05, 0.1) is 18.2 Å². The molecule has 9 heteroatoms. The van der Waals surface area contributed by atoms with Crippen LogP contribution >= 0.6 is 0 Å². The third-order valence-electron chi connectivity index (χ3n) is 4.89. The minimum atomic E-state index is -3.97. The molecule has 0 unspecified atom stereocenters. The lowest BCUT2D eigenvalue weighted by molar-refractivity contribution is 0.0265. The SMILES string of the molecule is COc1ccc(C(=O)OCCOC(=O)c2ccccc2)cc1S(=O)(=O)N(C)Cc1ccccc1. The van der Waals surface area contributed by atoms with E-state index in [1.807, 2.05) is 30.3 Å². The van der Waals surface area contributed by atoms with Crippen LogP contribution in [0.2, 0.25) is 0 Å². The predicted octanol–water partition coefficient (Wildman–Crippen LogP) is 3.53. The first kappa shape index (κ1) is 24.9. The number of sulfonamides is 1. The molecule has 0 N–H and O–H groups in total. The summed E-state index contributed by atoms with van der Waals surface area (Å²) in [6.07, 6.45) is 0. The van der Waals surface area contributed by atoms with Crippen molar-refractivity contribution >= 4 is 22.0 Å². The number of rotatable bonds is 10. The number of carbonyl (C=O) groups is 2. The van der Waals surface area contributed by atoms with E-state index >= 15 is 0 Å². The summed E-state index contributed by atoms with van der Waals surface area (Å²) in [5.41, 5.74) is 1.23. The van der Waals surface area contributed by atoms with Gasteiger partial charge in [-0.05, 0) is 35.9 Å². The van der Waals surface area contributed by atoms with Crippen LogP contribution in [0.4, 0.5) is 0 Å². The summed E-state index contributed by atoms with van der Waals surface area (Å²) >= 11 is 0. The van der Waals surface area contributed by atoms with Crippen molar-refractivity contribution < 1.29 is 32.2 Å². The van der Waals surface area contributed by atoms with E-state index in [1.165, 1.54) is 36.7 Å². The van der Waals surface area contributed by atoms with Crippen LogP contribution in [0, 0.1) is 0 Å². The van der Waals surface area contributed by atoms with E-state index in [4.69, 9.17) is 14.2 Å². The van der Waals surface area contributed by atoms with Gasteiger partial charge in [-0.15, -0.1) is 0 Å². The fourth-order valence-electron chi connectivity index (χ4n) is 3.11. The molecule has 3 rings (SSSR count). The van der Waals surface area contributed by atoms with Crippen molar-refractivity contribution in [3.63, 3.8) is 0 Å². The Morgan fingerprint density at radius 1 is 0.794 bits per heavy atom. The molecule has 3 aromatic carbocycles. The van der Waals surface area contributed by atoms with Crippen LogP contribution in [0.3, 0.4) is 0 Å². The van der Waals surface area contributed by atoms with Crippen molar-refractivity contribution in [2.45, 2.75) is 11.4 Å². The minimum Gasteiger partial charge on any atom is -0.495 e. The van der Waals surface area contributed by atoms with Gasteiger partial charge in [0.15, 0.2) is 0 Å². The minimum absolute atomic E-state index is 0.0295. The summed E-state index contributed by atoms with van der Waals surface area (Å²) in [5.74, 6) is -1.18. The van der Waals surface area contributed by atoms with E-state index in [2.05, 4.69) is 0 Å². The summed E-state index contributed by atoms with van der Waals surface area (Å²) in [7, 11) is -1.17. The monoisotopic (exact) mass is 483 g/mol. The highest BCUT2D eigenvalue weighted by Gasteiger charge is 2.26. The Labute approximate surface area is 198 Å². The fourth-order valence-corrected chi connectivity index (χ4v) is 4.44. The van der Waals surface area contributed by atoms with Gasteiger partial charge in [-0.25, -0.2) is 18.0 Å². The van der Waals surface area contributed by atoms with E-state index < -0.39 is 22.0 Å². The molecule has 178 valence electrons. The number of ether oxygens (including phenoxy) is 3. The highest BCUT2D eigenvalue weighted by Crippen LogP contribution is 2.28. The summed E-state index contributed by atoms with van der Waals surface area (Å²) < 4.78 is 43.0. The lowest BCUT2D eigenvalue weighted by Gasteiger charge is -2.19. The molecule has 0 radical (unpaired) electrons. The Hall–Kier alpha value is -3.69. The third kappa shape index (κ3) is 6.21. The van der Waals surface area contributed by atoms with Crippen LogP contribution in [0.15, 0.2) is 83.8 Å². The second-order valence-corrected chi connectivity index (χ2v) is 9.26. The number of carbonyl (C=O) groups excluding carboxylic acids is 2. The van der Waals surface area contributed by atoms with Gasteiger partial charge in [-0.2, -0.15) is 4.31 Å². The quantitative estimate of drug-likeness (QED) is 0.321. The maximum absolute atomic E-state index is 13.2.